The number of ether oxygens (including phenoxy) is 2. The average molecular weight is 463 g/mol. The Morgan fingerprint density at radius 2 is 1.83 bits per heavy atom. The molecule has 0 saturated heterocycles. The Morgan fingerprint density at radius 3 is 2.50 bits per heavy atom. The zero-order valence-electron chi connectivity index (χ0n) is 16.3. The molecule has 0 bridgehead atoms. The number of halogens is 1. The van der Waals surface area contributed by atoms with Crippen LogP contribution in [0.25, 0.3) is 6.08 Å². The predicted octanol–water partition coefficient (Wildman–Crippen LogP) is 5.58. The second-order valence-corrected chi connectivity index (χ2v) is 7.22. The smallest absolute Gasteiger partial charge is 0.266 e. The van der Waals surface area contributed by atoms with Crippen molar-refractivity contribution in [1.82, 2.24) is 0 Å². The Kier molecular flexibility index (Phi) is 7.25. The van der Waals surface area contributed by atoms with Crippen molar-refractivity contribution < 1.29 is 14.3 Å². The molecule has 3 aromatic carbocycles. The molecule has 0 saturated carbocycles. The number of para-hydroxylation sites is 1. The number of anilines is 1. The number of amides is 1. The largest absolute Gasteiger partial charge is 0.497 e. The van der Waals surface area contributed by atoms with Gasteiger partial charge in [0.05, 0.1) is 7.11 Å². The van der Waals surface area contributed by atoms with Crippen LogP contribution in [-0.2, 0) is 11.4 Å². The van der Waals surface area contributed by atoms with E-state index >= 15 is 0 Å². The van der Waals surface area contributed by atoms with E-state index in [1.54, 1.807) is 37.4 Å². The molecule has 0 radical (unpaired) electrons. The highest BCUT2D eigenvalue weighted by molar-refractivity contribution is 9.10. The maximum Gasteiger partial charge on any atom is 0.266 e. The van der Waals surface area contributed by atoms with Crippen molar-refractivity contribution in [2.24, 2.45) is 0 Å². The van der Waals surface area contributed by atoms with Gasteiger partial charge in [-0.3, -0.25) is 4.79 Å². The summed E-state index contributed by atoms with van der Waals surface area (Å²) in [5.41, 5.74) is 2.17. The van der Waals surface area contributed by atoms with Crippen LogP contribution in [0.4, 0.5) is 5.69 Å². The first-order valence-electron chi connectivity index (χ1n) is 9.12. The van der Waals surface area contributed by atoms with Crippen molar-refractivity contribution in [2.75, 3.05) is 12.4 Å². The Balaban J connectivity index is 1.84. The van der Waals surface area contributed by atoms with E-state index in [4.69, 9.17) is 9.47 Å². The van der Waals surface area contributed by atoms with E-state index in [0.29, 0.717) is 29.4 Å². The van der Waals surface area contributed by atoms with Crippen LogP contribution in [0.2, 0.25) is 0 Å². The van der Waals surface area contributed by atoms with Crippen molar-refractivity contribution in [1.29, 1.82) is 5.26 Å². The number of nitriles is 1. The van der Waals surface area contributed by atoms with Crippen molar-refractivity contribution in [3.63, 3.8) is 0 Å². The molecule has 3 aromatic rings. The normalized spacial score (nSPS) is 10.8. The van der Waals surface area contributed by atoms with E-state index in [1.807, 2.05) is 48.5 Å². The minimum atomic E-state index is -0.488. The Hall–Kier alpha value is -3.56. The lowest BCUT2D eigenvalue weighted by atomic mass is 10.1. The van der Waals surface area contributed by atoms with Gasteiger partial charge in [0.25, 0.3) is 5.91 Å². The summed E-state index contributed by atoms with van der Waals surface area (Å²) in [5, 5.41) is 12.2. The molecule has 1 N–H and O–H groups in total. The minimum Gasteiger partial charge on any atom is -0.497 e. The molecule has 0 unspecified atom stereocenters. The monoisotopic (exact) mass is 462 g/mol. The number of carbonyl (C=O) groups is 1. The molecule has 150 valence electrons. The molecule has 3 rings (SSSR count). The van der Waals surface area contributed by atoms with Crippen molar-refractivity contribution in [2.45, 2.75) is 6.61 Å². The number of hydrogen-bond acceptors (Lipinski definition) is 4. The number of hydrogen-bond donors (Lipinski definition) is 1. The summed E-state index contributed by atoms with van der Waals surface area (Å²) in [4.78, 5) is 12.5. The minimum absolute atomic E-state index is 0.0301. The van der Waals surface area contributed by atoms with Gasteiger partial charge in [-0.15, -0.1) is 0 Å². The average Bonchev–Trinajstić information content (AvgIpc) is 2.78. The van der Waals surface area contributed by atoms with Crippen LogP contribution >= 0.6 is 15.9 Å². The van der Waals surface area contributed by atoms with Gasteiger partial charge in [-0.2, -0.15) is 5.26 Å². The van der Waals surface area contributed by atoms with Gasteiger partial charge < -0.3 is 14.8 Å². The summed E-state index contributed by atoms with van der Waals surface area (Å²) in [5.74, 6) is 0.640. The number of rotatable bonds is 7. The van der Waals surface area contributed by atoms with Crippen LogP contribution in [-0.4, -0.2) is 13.0 Å². The van der Waals surface area contributed by atoms with E-state index < -0.39 is 5.91 Å². The third kappa shape index (κ3) is 5.72. The molecular formula is C24H19BrN2O3. The van der Waals surface area contributed by atoms with Gasteiger partial charge in [0.1, 0.15) is 29.7 Å². The molecule has 0 aliphatic heterocycles. The van der Waals surface area contributed by atoms with E-state index in [1.165, 1.54) is 6.08 Å². The molecule has 0 aliphatic carbocycles. The zero-order chi connectivity index (χ0) is 21.3. The highest BCUT2D eigenvalue weighted by Gasteiger charge is 2.12. The molecule has 0 atom stereocenters. The SMILES string of the molecule is COc1ccc(/C=C(\C#N)C(=O)Nc2ccccc2)c(OCc2ccc(Br)cc2)c1. The number of carbonyl (C=O) groups excluding carboxylic acids is 1. The number of nitrogens with one attached hydrogen (secondary N) is 1. The topological polar surface area (TPSA) is 71.3 Å². The highest BCUT2D eigenvalue weighted by atomic mass is 79.9. The van der Waals surface area contributed by atoms with Gasteiger partial charge in [0, 0.05) is 21.8 Å². The van der Waals surface area contributed by atoms with E-state index in [-0.39, 0.29) is 5.57 Å². The van der Waals surface area contributed by atoms with E-state index in [2.05, 4.69) is 21.2 Å². The fourth-order valence-electron chi connectivity index (χ4n) is 2.65. The number of benzene rings is 3. The van der Waals surface area contributed by atoms with Crippen molar-refractivity contribution in [3.8, 4) is 17.6 Å². The van der Waals surface area contributed by atoms with Crippen LogP contribution in [0, 0.1) is 11.3 Å². The Bertz CT molecular complexity index is 1090. The second-order valence-electron chi connectivity index (χ2n) is 6.31. The first-order valence-corrected chi connectivity index (χ1v) is 9.92. The summed E-state index contributed by atoms with van der Waals surface area (Å²) < 4.78 is 12.2. The molecule has 0 aliphatic rings. The summed E-state index contributed by atoms with van der Waals surface area (Å²) in [6.07, 6.45) is 1.51. The van der Waals surface area contributed by atoms with E-state index in [9.17, 15) is 10.1 Å². The summed E-state index contributed by atoms with van der Waals surface area (Å²) >= 11 is 3.41. The van der Waals surface area contributed by atoms with Gasteiger partial charge in [-0.05, 0) is 48.0 Å². The van der Waals surface area contributed by atoms with Crippen LogP contribution in [0.5, 0.6) is 11.5 Å². The fourth-order valence-corrected chi connectivity index (χ4v) is 2.92. The van der Waals surface area contributed by atoms with Gasteiger partial charge in [0.15, 0.2) is 0 Å². The van der Waals surface area contributed by atoms with Crippen molar-refractivity contribution in [3.05, 3.63) is 94.0 Å². The van der Waals surface area contributed by atoms with E-state index in [0.717, 1.165) is 10.0 Å². The molecule has 0 spiro atoms. The van der Waals surface area contributed by atoms with Crippen LogP contribution in [0.1, 0.15) is 11.1 Å². The number of nitrogens with zero attached hydrogens (tertiary/aromatic N) is 1. The molecule has 5 nitrogen and oxygen atoms in total. The summed E-state index contributed by atoms with van der Waals surface area (Å²) in [6, 6.07) is 24.0. The molecular weight excluding hydrogens is 444 g/mol. The first-order chi connectivity index (χ1) is 14.6. The summed E-state index contributed by atoms with van der Waals surface area (Å²) in [7, 11) is 1.57. The lowest BCUT2D eigenvalue weighted by Gasteiger charge is -2.12. The third-order valence-corrected chi connectivity index (χ3v) is 4.75. The Morgan fingerprint density at radius 1 is 1.10 bits per heavy atom. The maximum atomic E-state index is 12.5. The summed E-state index contributed by atoms with van der Waals surface area (Å²) in [6.45, 7) is 0.333. The lowest BCUT2D eigenvalue weighted by Crippen LogP contribution is -2.13. The quantitative estimate of drug-likeness (QED) is 0.367. The third-order valence-electron chi connectivity index (χ3n) is 4.22. The first kappa shape index (κ1) is 21.2. The molecule has 0 heterocycles. The molecule has 0 aromatic heterocycles. The van der Waals surface area contributed by atoms with Gasteiger partial charge in [-0.1, -0.05) is 46.3 Å². The van der Waals surface area contributed by atoms with Crippen molar-refractivity contribution >= 4 is 33.6 Å². The molecule has 1 amide bonds. The van der Waals surface area contributed by atoms with Crippen LogP contribution in [0.15, 0.2) is 82.8 Å². The molecule has 0 fully saturated rings. The fraction of sp³-hybridized carbons (Fsp3) is 0.0833. The van der Waals surface area contributed by atoms with Gasteiger partial charge in [-0.25, -0.2) is 0 Å². The Labute approximate surface area is 183 Å². The highest BCUT2D eigenvalue weighted by Crippen LogP contribution is 2.28. The maximum absolute atomic E-state index is 12.5. The predicted molar refractivity (Wildman–Crippen MR) is 120 cm³/mol. The van der Waals surface area contributed by atoms with Gasteiger partial charge >= 0.3 is 0 Å². The van der Waals surface area contributed by atoms with Gasteiger partial charge in [0.2, 0.25) is 0 Å². The standard InChI is InChI=1S/C24H19BrN2O3/c1-29-22-12-9-18(23(14-22)30-16-17-7-10-20(25)11-8-17)13-19(15-26)24(28)27-21-5-3-2-4-6-21/h2-14H,16H2,1H3,(H,27,28)/b19-13+. The second kappa shape index (κ2) is 10.3. The molecule has 6 heteroatoms. The van der Waals surface area contributed by atoms with Crippen LogP contribution < -0.4 is 14.8 Å². The zero-order valence-corrected chi connectivity index (χ0v) is 17.8. The van der Waals surface area contributed by atoms with Crippen LogP contribution in [0.3, 0.4) is 0 Å². The molecule has 30 heavy (non-hydrogen) atoms. The lowest BCUT2D eigenvalue weighted by molar-refractivity contribution is -0.112. The number of methoxy groups -OCH3 is 1.